The number of hydrogen-bond donors (Lipinski definition) is 1. The van der Waals surface area contributed by atoms with Gasteiger partial charge in [0.2, 0.25) is 5.91 Å². The van der Waals surface area contributed by atoms with Crippen LogP contribution >= 0.6 is 11.3 Å². The monoisotopic (exact) mass is 541 g/mol. The van der Waals surface area contributed by atoms with Crippen molar-refractivity contribution in [2.45, 2.75) is 50.1 Å². The van der Waals surface area contributed by atoms with Gasteiger partial charge in [-0.1, -0.05) is 60.9 Å². The Balaban J connectivity index is 1.44. The van der Waals surface area contributed by atoms with Gasteiger partial charge in [0.15, 0.2) is 5.13 Å². The molecule has 0 saturated heterocycles. The number of amides is 2. The third kappa shape index (κ3) is 4.74. The molecule has 2 heterocycles. The van der Waals surface area contributed by atoms with E-state index in [-0.39, 0.29) is 17.9 Å². The van der Waals surface area contributed by atoms with E-state index in [9.17, 15) is 9.59 Å². The third-order valence-corrected chi connectivity index (χ3v) is 8.84. The standard InChI is InChI=1S/C31H31N3O4S/c1-37-21-14-12-19(13-15-21)28-27(29(35)33-31-32-25-17-16-22(38-2)18-26(25)39-31)23-10-6-7-11-24(23)30(36)34(28)20-8-4-3-5-9-20/h6-7,10-18,20,27-28H,3-5,8-9H2,1-2H3,(H,32,33,35). The summed E-state index contributed by atoms with van der Waals surface area (Å²) in [6.45, 7) is 0. The molecule has 2 amide bonds. The normalized spacial score (nSPS) is 19.5. The van der Waals surface area contributed by atoms with Crippen LogP contribution in [0.3, 0.4) is 0 Å². The van der Waals surface area contributed by atoms with Crippen LogP contribution < -0.4 is 14.8 Å². The number of fused-ring (bicyclic) bond motifs is 2. The van der Waals surface area contributed by atoms with Gasteiger partial charge >= 0.3 is 0 Å². The number of carbonyl (C=O) groups is 2. The first-order valence-electron chi connectivity index (χ1n) is 13.4. The van der Waals surface area contributed by atoms with Crippen LogP contribution in [0.4, 0.5) is 5.13 Å². The predicted molar refractivity (Wildman–Crippen MR) is 153 cm³/mol. The van der Waals surface area contributed by atoms with E-state index in [1.807, 2.05) is 71.6 Å². The van der Waals surface area contributed by atoms with Gasteiger partial charge < -0.3 is 19.7 Å². The number of anilines is 1. The molecule has 2 aliphatic rings. The number of hydrogen-bond acceptors (Lipinski definition) is 6. The maximum absolute atomic E-state index is 14.2. The van der Waals surface area contributed by atoms with Crippen LogP contribution in [-0.4, -0.2) is 42.0 Å². The van der Waals surface area contributed by atoms with Crippen molar-refractivity contribution < 1.29 is 19.1 Å². The fraction of sp³-hybridized carbons (Fsp3) is 0.323. The summed E-state index contributed by atoms with van der Waals surface area (Å²) in [5.74, 6) is 0.690. The molecule has 1 aliphatic carbocycles. The number of rotatable bonds is 6. The summed E-state index contributed by atoms with van der Waals surface area (Å²) in [5.41, 5.74) is 3.06. The van der Waals surface area contributed by atoms with E-state index in [1.54, 1.807) is 14.2 Å². The van der Waals surface area contributed by atoms with Gasteiger partial charge in [-0.25, -0.2) is 4.98 Å². The average Bonchev–Trinajstić information content (AvgIpc) is 3.38. The zero-order chi connectivity index (χ0) is 26.9. The van der Waals surface area contributed by atoms with Crippen LogP contribution in [0.5, 0.6) is 11.5 Å². The van der Waals surface area contributed by atoms with Crippen LogP contribution in [0.1, 0.15) is 65.5 Å². The van der Waals surface area contributed by atoms with Crippen molar-refractivity contribution in [1.82, 2.24) is 9.88 Å². The number of aromatic nitrogens is 1. The number of thiazole rings is 1. The van der Waals surface area contributed by atoms with Crippen molar-refractivity contribution in [2.75, 3.05) is 19.5 Å². The van der Waals surface area contributed by atoms with E-state index in [0.717, 1.165) is 58.5 Å². The Bertz CT molecular complexity index is 1510. The van der Waals surface area contributed by atoms with Crippen molar-refractivity contribution >= 4 is 38.5 Å². The molecule has 1 fully saturated rings. The molecule has 7 nitrogen and oxygen atoms in total. The Morgan fingerprint density at radius 2 is 1.67 bits per heavy atom. The fourth-order valence-electron chi connectivity index (χ4n) is 6.02. The van der Waals surface area contributed by atoms with Crippen molar-refractivity contribution in [3.8, 4) is 11.5 Å². The van der Waals surface area contributed by atoms with Gasteiger partial charge in [0, 0.05) is 11.6 Å². The average molecular weight is 542 g/mol. The van der Waals surface area contributed by atoms with Crippen LogP contribution in [0.25, 0.3) is 10.2 Å². The summed E-state index contributed by atoms with van der Waals surface area (Å²) in [6.07, 6.45) is 5.22. The van der Waals surface area contributed by atoms with Crippen molar-refractivity contribution in [3.63, 3.8) is 0 Å². The Morgan fingerprint density at radius 3 is 2.41 bits per heavy atom. The lowest BCUT2D eigenvalue weighted by atomic mass is 9.77. The van der Waals surface area contributed by atoms with Gasteiger partial charge in [-0.3, -0.25) is 9.59 Å². The molecule has 0 bridgehead atoms. The van der Waals surface area contributed by atoms with Gasteiger partial charge in [-0.15, -0.1) is 0 Å². The predicted octanol–water partition coefficient (Wildman–Crippen LogP) is 6.57. The van der Waals surface area contributed by atoms with E-state index in [4.69, 9.17) is 9.47 Å². The van der Waals surface area contributed by atoms with Gasteiger partial charge in [-0.05, 0) is 60.4 Å². The molecule has 0 radical (unpaired) electrons. The number of nitrogens with one attached hydrogen (secondary N) is 1. The van der Waals surface area contributed by atoms with Crippen molar-refractivity contribution in [1.29, 1.82) is 0 Å². The molecule has 6 rings (SSSR count). The van der Waals surface area contributed by atoms with Gasteiger partial charge in [0.25, 0.3) is 5.91 Å². The maximum atomic E-state index is 14.2. The molecule has 8 heteroatoms. The Hall–Kier alpha value is -3.91. The zero-order valence-electron chi connectivity index (χ0n) is 22.1. The first-order chi connectivity index (χ1) is 19.1. The first kappa shape index (κ1) is 25.4. The maximum Gasteiger partial charge on any atom is 0.254 e. The summed E-state index contributed by atoms with van der Waals surface area (Å²) in [6, 6.07) is 20.6. The highest BCUT2D eigenvalue weighted by molar-refractivity contribution is 7.22. The van der Waals surface area contributed by atoms with Gasteiger partial charge in [0.05, 0.1) is 36.4 Å². The summed E-state index contributed by atoms with van der Waals surface area (Å²) < 4.78 is 11.7. The molecule has 2 unspecified atom stereocenters. The largest absolute Gasteiger partial charge is 0.497 e. The number of ether oxygens (including phenoxy) is 2. The molecule has 1 aromatic heterocycles. The second-order valence-electron chi connectivity index (χ2n) is 10.1. The lowest BCUT2D eigenvalue weighted by Gasteiger charge is -2.46. The third-order valence-electron chi connectivity index (χ3n) is 7.91. The van der Waals surface area contributed by atoms with E-state index in [1.165, 1.54) is 17.8 Å². The minimum atomic E-state index is -0.601. The number of benzene rings is 3. The van der Waals surface area contributed by atoms with Crippen LogP contribution in [0, 0.1) is 0 Å². The molecule has 3 aromatic carbocycles. The lowest BCUT2D eigenvalue weighted by Crippen LogP contribution is -2.51. The molecule has 0 spiro atoms. The summed E-state index contributed by atoms with van der Waals surface area (Å²) >= 11 is 1.41. The Morgan fingerprint density at radius 1 is 0.949 bits per heavy atom. The summed E-state index contributed by atoms with van der Waals surface area (Å²) in [4.78, 5) is 35.0. The van der Waals surface area contributed by atoms with E-state index in [0.29, 0.717) is 10.7 Å². The molecule has 39 heavy (non-hydrogen) atoms. The lowest BCUT2D eigenvalue weighted by molar-refractivity contribution is -0.119. The van der Waals surface area contributed by atoms with Crippen molar-refractivity contribution in [2.24, 2.45) is 0 Å². The van der Waals surface area contributed by atoms with E-state index >= 15 is 0 Å². The van der Waals surface area contributed by atoms with E-state index in [2.05, 4.69) is 10.3 Å². The molecular formula is C31H31N3O4S. The highest BCUT2D eigenvalue weighted by Crippen LogP contribution is 2.46. The first-order valence-corrected chi connectivity index (χ1v) is 14.2. The fourth-order valence-corrected chi connectivity index (χ4v) is 6.92. The van der Waals surface area contributed by atoms with Crippen LogP contribution in [0.15, 0.2) is 66.7 Å². The Kier molecular flexibility index (Phi) is 6.95. The second-order valence-corrected chi connectivity index (χ2v) is 11.2. The molecule has 1 aliphatic heterocycles. The molecule has 2 atom stereocenters. The highest BCUT2D eigenvalue weighted by Gasteiger charge is 2.46. The molecular weight excluding hydrogens is 510 g/mol. The SMILES string of the molecule is COc1ccc(C2C(C(=O)Nc3nc4ccc(OC)cc4s3)c3ccccc3C(=O)N2C2CCCCC2)cc1. The number of nitrogens with zero attached hydrogens (tertiary/aromatic N) is 2. The molecule has 1 saturated carbocycles. The minimum Gasteiger partial charge on any atom is -0.497 e. The smallest absolute Gasteiger partial charge is 0.254 e. The molecule has 4 aromatic rings. The number of carbonyl (C=O) groups excluding carboxylic acids is 2. The Labute approximate surface area is 231 Å². The highest BCUT2D eigenvalue weighted by atomic mass is 32.1. The van der Waals surface area contributed by atoms with Gasteiger partial charge in [0.1, 0.15) is 11.5 Å². The zero-order valence-corrected chi connectivity index (χ0v) is 22.9. The minimum absolute atomic E-state index is 0.00514. The topological polar surface area (TPSA) is 80.8 Å². The van der Waals surface area contributed by atoms with Crippen molar-refractivity contribution in [3.05, 3.63) is 83.4 Å². The van der Waals surface area contributed by atoms with Crippen LogP contribution in [-0.2, 0) is 4.79 Å². The molecule has 200 valence electrons. The van der Waals surface area contributed by atoms with E-state index < -0.39 is 12.0 Å². The molecule has 1 N–H and O–H groups in total. The summed E-state index contributed by atoms with van der Waals surface area (Å²) in [5, 5.41) is 3.63. The van der Waals surface area contributed by atoms with Crippen LogP contribution in [0.2, 0.25) is 0 Å². The second kappa shape index (κ2) is 10.7. The summed E-state index contributed by atoms with van der Waals surface area (Å²) in [7, 11) is 3.26. The quantitative estimate of drug-likeness (QED) is 0.299. The van der Waals surface area contributed by atoms with Gasteiger partial charge in [-0.2, -0.15) is 0 Å². The number of methoxy groups -OCH3 is 2.